The highest BCUT2D eigenvalue weighted by molar-refractivity contribution is 7.21. The second kappa shape index (κ2) is 3.45. The summed E-state index contributed by atoms with van der Waals surface area (Å²) in [4.78, 5) is 16.5. The molecule has 5 heteroatoms. The molecule has 0 radical (unpaired) electrons. The monoisotopic (exact) mass is 233 g/mol. The molecule has 2 aromatic rings. The van der Waals surface area contributed by atoms with E-state index in [2.05, 4.69) is 10.3 Å². The van der Waals surface area contributed by atoms with Gasteiger partial charge >= 0.3 is 0 Å². The van der Waals surface area contributed by atoms with Gasteiger partial charge in [-0.1, -0.05) is 0 Å². The molecule has 0 unspecified atom stereocenters. The number of nitrogens with zero attached hydrogens (tertiary/aromatic N) is 1. The van der Waals surface area contributed by atoms with Gasteiger partial charge in [-0.15, -0.1) is 11.3 Å². The molecule has 3 N–H and O–H groups in total. The summed E-state index contributed by atoms with van der Waals surface area (Å²) >= 11 is 1.40. The number of anilines is 1. The summed E-state index contributed by atoms with van der Waals surface area (Å²) in [6, 6.07) is 2.20. The van der Waals surface area contributed by atoms with Crippen molar-refractivity contribution in [3.63, 3.8) is 0 Å². The van der Waals surface area contributed by atoms with E-state index in [0.29, 0.717) is 16.6 Å². The van der Waals surface area contributed by atoms with E-state index in [1.165, 1.54) is 11.3 Å². The van der Waals surface area contributed by atoms with Crippen molar-refractivity contribution >= 4 is 33.0 Å². The minimum absolute atomic E-state index is 0.0544. The Morgan fingerprint density at radius 2 is 2.38 bits per heavy atom. The van der Waals surface area contributed by atoms with E-state index in [1.54, 1.807) is 12.4 Å². The lowest BCUT2D eigenvalue weighted by molar-refractivity contribution is 0.0956. The minimum Gasteiger partial charge on any atom is -0.397 e. The third-order valence-corrected chi connectivity index (χ3v) is 3.80. The molecule has 0 bridgehead atoms. The van der Waals surface area contributed by atoms with E-state index >= 15 is 0 Å². The van der Waals surface area contributed by atoms with Crippen LogP contribution in [0.1, 0.15) is 22.5 Å². The summed E-state index contributed by atoms with van der Waals surface area (Å²) in [5, 5.41) is 3.86. The zero-order valence-corrected chi connectivity index (χ0v) is 9.38. The van der Waals surface area contributed by atoms with Gasteiger partial charge < -0.3 is 11.1 Å². The summed E-state index contributed by atoms with van der Waals surface area (Å²) in [7, 11) is 0. The smallest absolute Gasteiger partial charge is 0.263 e. The van der Waals surface area contributed by atoms with Crippen molar-refractivity contribution in [2.24, 2.45) is 0 Å². The maximum Gasteiger partial charge on any atom is 0.263 e. The zero-order chi connectivity index (χ0) is 11.1. The average molecular weight is 233 g/mol. The third-order valence-electron chi connectivity index (χ3n) is 2.65. The highest BCUT2D eigenvalue weighted by atomic mass is 32.1. The van der Waals surface area contributed by atoms with Gasteiger partial charge in [0.1, 0.15) is 4.88 Å². The number of amides is 1. The maximum atomic E-state index is 11.9. The highest BCUT2D eigenvalue weighted by Crippen LogP contribution is 2.33. The molecular formula is C11H11N3OS. The molecule has 0 spiro atoms. The normalized spacial score (nSPS) is 15.2. The van der Waals surface area contributed by atoms with Gasteiger partial charge in [0.15, 0.2) is 0 Å². The lowest BCUT2D eigenvalue weighted by Crippen LogP contribution is -2.25. The maximum absolute atomic E-state index is 11.9. The van der Waals surface area contributed by atoms with Crippen LogP contribution in [-0.2, 0) is 0 Å². The van der Waals surface area contributed by atoms with Crippen LogP contribution < -0.4 is 11.1 Å². The van der Waals surface area contributed by atoms with Gasteiger partial charge in [-0.25, -0.2) is 0 Å². The number of aromatic nitrogens is 1. The van der Waals surface area contributed by atoms with Gasteiger partial charge in [0.2, 0.25) is 0 Å². The fourth-order valence-electron chi connectivity index (χ4n) is 1.62. The third kappa shape index (κ3) is 1.53. The van der Waals surface area contributed by atoms with E-state index < -0.39 is 0 Å². The van der Waals surface area contributed by atoms with Crippen molar-refractivity contribution < 1.29 is 4.79 Å². The molecule has 16 heavy (non-hydrogen) atoms. The number of nitrogens with one attached hydrogen (secondary N) is 1. The van der Waals surface area contributed by atoms with Crippen LogP contribution in [0.2, 0.25) is 0 Å². The van der Waals surface area contributed by atoms with Gasteiger partial charge in [-0.05, 0) is 18.9 Å². The topological polar surface area (TPSA) is 68.0 Å². The van der Waals surface area contributed by atoms with E-state index in [9.17, 15) is 4.79 Å². The Balaban J connectivity index is 2.02. The second-order valence-corrected chi connectivity index (χ2v) is 5.02. The predicted octanol–water partition coefficient (Wildman–Crippen LogP) is 1.77. The Kier molecular flexibility index (Phi) is 2.07. The van der Waals surface area contributed by atoms with Crippen LogP contribution in [0.5, 0.6) is 0 Å². The van der Waals surface area contributed by atoms with Crippen LogP contribution in [0.25, 0.3) is 10.1 Å². The number of carbonyl (C=O) groups is 1. The fourth-order valence-corrected chi connectivity index (χ4v) is 2.61. The number of nitrogens with two attached hydrogens (primary N) is 1. The molecule has 1 aliphatic rings. The van der Waals surface area contributed by atoms with Crippen molar-refractivity contribution in [3.05, 3.63) is 23.3 Å². The molecule has 0 aliphatic heterocycles. The Bertz CT molecular complexity index is 559. The Labute approximate surface area is 96.5 Å². The first kappa shape index (κ1) is 9.59. The molecule has 0 aromatic carbocycles. The number of rotatable bonds is 2. The van der Waals surface area contributed by atoms with Crippen LogP contribution in [-0.4, -0.2) is 16.9 Å². The number of thiophene rings is 1. The minimum atomic E-state index is -0.0544. The lowest BCUT2D eigenvalue weighted by atomic mass is 10.2. The zero-order valence-electron chi connectivity index (χ0n) is 8.56. The predicted molar refractivity (Wildman–Crippen MR) is 64.5 cm³/mol. The van der Waals surface area contributed by atoms with Crippen molar-refractivity contribution in [1.29, 1.82) is 0 Å². The first-order valence-electron chi connectivity index (χ1n) is 5.18. The summed E-state index contributed by atoms with van der Waals surface area (Å²) in [5.74, 6) is -0.0544. The van der Waals surface area contributed by atoms with E-state index in [1.807, 2.05) is 6.07 Å². The molecule has 3 rings (SSSR count). The SMILES string of the molecule is Nc1c(C(=O)NC2CC2)sc2cnccc12. The van der Waals surface area contributed by atoms with E-state index in [4.69, 9.17) is 5.73 Å². The van der Waals surface area contributed by atoms with Gasteiger partial charge in [-0.3, -0.25) is 9.78 Å². The fraction of sp³-hybridized carbons (Fsp3) is 0.273. The highest BCUT2D eigenvalue weighted by Gasteiger charge is 2.26. The van der Waals surface area contributed by atoms with Crippen LogP contribution >= 0.6 is 11.3 Å². The summed E-state index contributed by atoms with van der Waals surface area (Å²) in [5.41, 5.74) is 6.53. The van der Waals surface area contributed by atoms with E-state index in [0.717, 1.165) is 22.9 Å². The molecule has 1 fully saturated rings. The molecule has 1 amide bonds. The number of hydrogen-bond donors (Lipinski definition) is 2. The first-order chi connectivity index (χ1) is 7.75. The van der Waals surface area contributed by atoms with Crippen LogP contribution in [0.15, 0.2) is 18.5 Å². The molecule has 2 aromatic heterocycles. The summed E-state index contributed by atoms with van der Waals surface area (Å²) in [6.45, 7) is 0. The van der Waals surface area contributed by atoms with Gasteiger partial charge in [0.05, 0.1) is 10.4 Å². The molecule has 0 atom stereocenters. The van der Waals surface area contributed by atoms with Crippen molar-refractivity contribution in [2.45, 2.75) is 18.9 Å². The van der Waals surface area contributed by atoms with Crippen LogP contribution in [0.3, 0.4) is 0 Å². The molecule has 1 aliphatic carbocycles. The number of hydrogen-bond acceptors (Lipinski definition) is 4. The van der Waals surface area contributed by atoms with Crippen molar-refractivity contribution in [3.8, 4) is 0 Å². The first-order valence-corrected chi connectivity index (χ1v) is 6.00. The Morgan fingerprint density at radius 3 is 3.06 bits per heavy atom. The van der Waals surface area contributed by atoms with Gasteiger partial charge in [-0.2, -0.15) is 0 Å². The standard InChI is InChI=1S/C11H11N3OS/c12-9-7-3-4-13-5-8(7)16-10(9)11(15)14-6-1-2-6/h3-6H,1-2,12H2,(H,14,15). The molecular weight excluding hydrogens is 222 g/mol. The summed E-state index contributed by atoms with van der Waals surface area (Å²) in [6.07, 6.45) is 5.59. The number of fused-ring (bicyclic) bond motifs is 1. The molecule has 1 saturated carbocycles. The van der Waals surface area contributed by atoms with Gasteiger partial charge in [0.25, 0.3) is 5.91 Å². The average Bonchev–Trinajstić information content (AvgIpc) is 3.03. The molecule has 82 valence electrons. The van der Waals surface area contributed by atoms with Crippen molar-refractivity contribution in [2.75, 3.05) is 5.73 Å². The second-order valence-electron chi connectivity index (χ2n) is 3.96. The summed E-state index contributed by atoms with van der Waals surface area (Å²) < 4.78 is 0.959. The van der Waals surface area contributed by atoms with Gasteiger partial charge in [0, 0.05) is 23.8 Å². The Hall–Kier alpha value is -1.62. The largest absolute Gasteiger partial charge is 0.397 e. The quantitative estimate of drug-likeness (QED) is 0.830. The van der Waals surface area contributed by atoms with Crippen molar-refractivity contribution in [1.82, 2.24) is 10.3 Å². The number of nitrogen functional groups attached to an aromatic ring is 1. The number of carbonyl (C=O) groups excluding carboxylic acids is 1. The van der Waals surface area contributed by atoms with Crippen LogP contribution in [0.4, 0.5) is 5.69 Å². The lowest BCUT2D eigenvalue weighted by Gasteiger charge is -2.00. The van der Waals surface area contributed by atoms with Crippen LogP contribution in [0, 0.1) is 0 Å². The number of pyridine rings is 1. The molecule has 0 saturated heterocycles. The van der Waals surface area contributed by atoms with E-state index in [-0.39, 0.29) is 5.91 Å². The molecule has 2 heterocycles. The molecule has 4 nitrogen and oxygen atoms in total. The Morgan fingerprint density at radius 1 is 1.56 bits per heavy atom.